The van der Waals surface area contributed by atoms with Crippen molar-refractivity contribution in [3.8, 4) is 0 Å². The quantitative estimate of drug-likeness (QED) is 0.925. The van der Waals surface area contributed by atoms with E-state index in [9.17, 15) is 9.59 Å². The van der Waals surface area contributed by atoms with Crippen LogP contribution in [0.1, 0.15) is 42.1 Å². The van der Waals surface area contributed by atoms with Crippen molar-refractivity contribution in [3.63, 3.8) is 0 Å². The number of amides is 2. The molecule has 2 aromatic rings. The summed E-state index contributed by atoms with van der Waals surface area (Å²) >= 11 is 0. The molecule has 7 nitrogen and oxygen atoms in total. The van der Waals surface area contributed by atoms with E-state index < -0.39 is 0 Å². The molecule has 0 saturated carbocycles. The van der Waals surface area contributed by atoms with E-state index in [1.165, 1.54) is 23.8 Å². The van der Waals surface area contributed by atoms with Crippen LogP contribution in [0, 0.1) is 6.92 Å². The number of nitrogens with zero attached hydrogens (tertiary/aromatic N) is 4. The van der Waals surface area contributed by atoms with E-state index in [4.69, 9.17) is 0 Å². The zero-order valence-corrected chi connectivity index (χ0v) is 14.6. The number of hydrogen-bond donors (Lipinski definition) is 1. The van der Waals surface area contributed by atoms with Crippen molar-refractivity contribution >= 4 is 17.5 Å². The molecule has 1 aromatic heterocycles. The number of hydrogen-bond acceptors (Lipinski definition) is 4. The maximum Gasteiger partial charge on any atom is 0.254 e. The fourth-order valence-corrected chi connectivity index (χ4v) is 3.15. The molecule has 0 bridgehead atoms. The summed E-state index contributed by atoms with van der Waals surface area (Å²) in [5.74, 6) is -0.117. The largest absolute Gasteiger partial charge is 0.336 e. The fourth-order valence-electron chi connectivity index (χ4n) is 3.15. The Morgan fingerprint density at radius 1 is 1.32 bits per heavy atom. The molecule has 0 radical (unpaired) electrons. The average molecular weight is 341 g/mol. The minimum absolute atomic E-state index is 0.0655. The number of rotatable bonds is 4. The Balaban J connectivity index is 1.68. The first-order valence-corrected chi connectivity index (χ1v) is 8.58. The van der Waals surface area contributed by atoms with E-state index in [0.717, 1.165) is 24.9 Å². The number of aryl methyl sites for hydroxylation is 1. The van der Waals surface area contributed by atoms with Gasteiger partial charge in [0.1, 0.15) is 19.2 Å². The zero-order valence-electron chi connectivity index (χ0n) is 14.6. The molecule has 2 amide bonds. The molecule has 3 rings (SSSR count). The van der Waals surface area contributed by atoms with Gasteiger partial charge in [0.2, 0.25) is 5.91 Å². The van der Waals surface area contributed by atoms with Crippen LogP contribution in [0.25, 0.3) is 0 Å². The second-order valence-corrected chi connectivity index (χ2v) is 6.51. The Bertz CT molecular complexity index is 757. The minimum atomic E-state index is -0.183. The fraction of sp³-hybridized carbons (Fsp3) is 0.444. The van der Waals surface area contributed by atoms with E-state index in [1.54, 1.807) is 12.1 Å². The third-order valence-electron chi connectivity index (χ3n) is 4.58. The molecule has 1 atom stereocenters. The first kappa shape index (κ1) is 17.1. The molecule has 1 unspecified atom stereocenters. The van der Waals surface area contributed by atoms with Gasteiger partial charge in [0.05, 0.1) is 0 Å². The second kappa shape index (κ2) is 7.46. The third-order valence-corrected chi connectivity index (χ3v) is 4.58. The number of nitrogens with one attached hydrogen (secondary N) is 1. The van der Waals surface area contributed by atoms with Crippen LogP contribution in [0.4, 0.5) is 5.69 Å². The number of benzene rings is 1. The number of likely N-dealkylation sites (tertiary alicyclic amines) is 1. The van der Waals surface area contributed by atoms with Gasteiger partial charge in [-0.25, -0.2) is 9.67 Å². The summed E-state index contributed by atoms with van der Waals surface area (Å²) in [7, 11) is 0. The number of aromatic nitrogens is 3. The third kappa shape index (κ3) is 4.04. The molecule has 7 heteroatoms. The molecule has 1 fully saturated rings. The van der Waals surface area contributed by atoms with E-state index in [2.05, 4.69) is 22.3 Å². The van der Waals surface area contributed by atoms with Crippen molar-refractivity contribution in [1.29, 1.82) is 0 Å². The molecule has 1 aromatic carbocycles. The molecule has 1 saturated heterocycles. The van der Waals surface area contributed by atoms with Gasteiger partial charge in [0.25, 0.3) is 5.91 Å². The molecule has 2 heterocycles. The Morgan fingerprint density at radius 3 is 2.84 bits per heavy atom. The highest BCUT2D eigenvalue weighted by atomic mass is 16.2. The van der Waals surface area contributed by atoms with Crippen LogP contribution >= 0.6 is 0 Å². The second-order valence-electron chi connectivity index (χ2n) is 6.51. The van der Waals surface area contributed by atoms with Gasteiger partial charge in [-0.15, -0.1) is 0 Å². The van der Waals surface area contributed by atoms with Crippen LogP contribution in [-0.4, -0.2) is 44.1 Å². The number of anilines is 1. The van der Waals surface area contributed by atoms with Crippen molar-refractivity contribution in [3.05, 3.63) is 42.0 Å². The van der Waals surface area contributed by atoms with E-state index in [1.807, 2.05) is 17.9 Å². The summed E-state index contributed by atoms with van der Waals surface area (Å²) < 4.78 is 1.46. The van der Waals surface area contributed by atoms with E-state index in [-0.39, 0.29) is 24.4 Å². The predicted molar refractivity (Wildman–Crippen MR) is 94.2 cm³/mol. The number of carbonyl (C=O) groups is 2. The SMILES string of the molecule is Cc1cc(C(=O)N2CCCCC2C)ccc1NC(=O)Cn1cncn1. The Hall–Kier alpha value is -2.70. The molecule has 0 spiro atoms. The predicted octanol–water partition coefficient (Wildman–Crippen LogP) is 2.24. The molecule has 25 heavy (non-hydrogen) atoms. The number of carbonyl (C=O) groups excluding carboxylic acids is 2. The van der Waals surface area contributed by atoms with E-state index in [0.29, 0.717) is 11.3 Å². The van der Waals surface area contributed by atoms with Crippen molar-refractivity contribution in [2.75, 3.05) is 11.9 Å². The maximum atomic E-state index is 12.7. The summed E-state index contributed by atoms with van der Waals surface area (Å²) in [6, 6.07) is 5.69. The molecule has 1 N–H and O–H groups in total. The molecular formula is C18H23N5O2. The highest BCUT2D eigenvalue weighted by Gasteiger charge is 2.24. The summed E-state index contributed by atoms with van der Waals surface area (Å²) in [5, 5.41) is 6.76. The normalized spacial score (nSPS) is 17.4. The summed E-state index contributed by atoms with van der Waals surface area (Å²) in [6.45, 7) is 4.91. The first-order valence-electron chi connectivity index (χ1n) is 8.58. The van der Waals surface area contributed by atoms with Gasteiger partial charge >= 0.3 is 0 Å². The zero-order chi connectivity index (χ0) is 17.8. The molecule has 132 valence electrons. The number of piperidine rings is 1. The van der Waals surface area contributed by atoms with Crippen LogP contribution in [0.15, 0.2) is 30.9 Å². The molecule has 1 aliphatic rings. The van der Waals surface area contributed by atoms with Gasteiger partial charge in [-0.2, -0.15) is 5.10 Å². The van der Waals surface area contributed by atoms with Crippen LogP contribution in [0.2, 0.25) is 0 Å². The van der Waals surface area contributed by atoms with Crippen molar-refractivity contribution in [2.24, 2.45) is 0 Å². The first-order chi connectivity index (χ1) is 12.0. The smallest absolute Gasteiger partial charge is 0.254 e. The maximum absolute atomic E-state index is 12.7. The summed E-state index contributed by atoms with van der Waals surface area (Å²) in [4.78, 5) is 30.6. The Morgan fingerprint density at radius 2 is 2.16 bits per heavy atom. The highest BCUT2D eigenvalue weighted by Crippen LogP contribution is 2.22. The van der Waals surface area contributed by atoms with E-state index >= 15 is 0 Å². The van der Waals surface area contributed by atoms with Crippen molar-refractivity contribution in [1.82, 2.24) is 19.7 Å². The Labute approximate surface area is 147 Å². The summed E-state index contributed by atoms with van der Waals surface area (Å²) in [5.41, 5.74) is 2.23. The van der Waals surface area contributed by atoms with Gasteiger partial charge < -0.3 is 10.2 Å². The lowest BCUT2D eigenvalue weighted by molar-refractivity contribution is -0.116. The van der Waals surface area contributed by atoms with Crippen LogP contribution in [0.3, 0.4) is 0 Å². The Kier molecular flexibility index (Phi) is 5.11. The van der Waals surface area contributed by atoms with Gasteiger partial charge in [0.15, 0.2) is 0 Å². The van der Waals surface area contributed by atoms with Gasteiger partial charge in [-0.05, 0) is 56.9 Å². The standard InChI is InChI=1S/C18H23N5O2/c1-13-9-15(18(25)23-8-4-3-5-14(23)2)6-7-16(13)21-17(24)10-22-12-19-11-20-22/h6-7,9,11-12,14H,3-5,8,10H2,1-2H3,(H,21,24). The van der Waals surface area contributed by atoms with Gasteiger partial charge in [-0.3, -0.25) is 9.59 Å². The highest BCUT2D eigenvalue weighted by molar-refractivity contribution is 5.96. The molecular weight excluding hydrogens is 318 g/mol. The monoisotopic (exact) mass is 341 g/mol. The lowest BCUT2D eigenvalue weighted by Gasteiger charge is -2.33. The topological polar surface area (TPSA) is 80.1 Å². The lowest BCUT2D eigenvalue weighted by Crippen LogP contribution is -2.42. The van der Waals surface area contributed by atoms with Crippen LogP contribution < -0.4 is 5.32 Å². The lowest BCUT2D eigenvalue weighted by atomic mass is 10.0. The van der Waals surface area contributed by atoms with Crippen molar-refractivity contribution < 1.29 is 9.59 Å². The van der Waals surface area contributed by atoms with Gasteiger partial charge in [0, 0.05) is 23.8 Å². The van der Waals surface area contributed by atoms with Gasteiger partial charge in [-0.1, -0.05) is 0 Å². The van der Waals surface area contributed by atoms with Crippen molar-refractivity contribution in [2.45, 2.75) is 45.7 Å². The molecule has 1 aliphatic heterocycles. The minimum Gasteiger partial charge on any atom is -0.336 e. The average Bonchev–Trinajstić information content (AvgIpc) is 3.09. The van der Waals surface area contributed by atoms with Crippen LogP contribution in [0.5, 0.6) is 0 Å². The van der Waals surface area contributed by atoms with Crippen LogP contribution in [-0.2, 0) is 11.3 Å². The summed E-state index contributed by atoms with van der Waals surface area (Å²) in [6.07, 6.45) is 6.18. The molecule has 0 aliphatic carbocycles.